The van der Waals surface area contributed by atoms with Gasteiger partial charge in [-0.15, -0.1) is 5.10 Å². The normalized spacial score (nSPS) is 11.4. The van der Waals surface area contributed by atoms with Crippen molar-refractivity contribution in [2.45, 2.75) is 31.5 Å². The van der Waals surface area contributed by atoms with Crippen LogP contribution in [-0.4, -0.2) is 32.4 Å². The van der Waals surface area contributed by atoms with Crippen molar-refractivity contribution in [2.75, 3.05) is 5.75 Å². The van der Waals surface area contributed by atoms with Gasteiger partial charge in [0.25, 0.3) is 0 Å². The predicted molar refractivity (Wildman–Crippen MR) is 85.4 cm³/mol. The van der Waals surface area contributed by atoms with Crippen molar-refractivity contribution in [2.24, 2.45) is 0 Å². The molecule has 0 bridgehead atoms. The number of aromatic nitrogens is 3. The fourth-order valence-electron chi connectivity index (χ4n) is 1.63. The van der Waals surface area contributed by atoms with Crippen molar-refractivity contribution in [3.8, 4) is 11.4 Å². The number of hydrogen-bond acceptors (Lipinski definition) is 4. The fraction of sp³-hybridized carbons (Fsp3) is 0.357. The van der Waals surface area contributed by atoms with Gasteiger partial charge in [-0.3, -0.25) is 9.89 Å². The summed E-state index contributed by atoms with van der Waals surface area (Å²) in [6.45, 7) is 5.84. The van der Waals surface area contributed by atoms with Crippen LogP contribution < -0.4 is 5.32 Å². The molecule has 0 aliphatic rings. The monoisotopic (exact) mass is 324 g/mol. The second-order valence-corrected chi connectivity index (χ2v) is 6.94. The molecular weight excluding hydrogens is 308 g/mol. The minimum atomic E-state index is -0.231. The number of hydrogen-bond donors (Lipinski definition) is 2. The number of H-pyrrole nitrogens is 1. The summed E-state index contributed by atoms with van der Waals surface area (Å²) < 4.78 is 0. The lowest BCUT2D eigenvalue weighted by molar-refractivity contribution is -0.119. The summed E-state index contributed by atoms with van der Waals surface area (Å²) in [5.74, 6) is 0.908. The zero-order valence-corrected chi connectivity index (χ0v) is 13.7. The number of rotatable bonds is 4. The number of nitrogens with zero attached hydrogens (tertiary/aromatic N) is 2. The van der Waals surface area contributed by atoms with Crippen LogP contribution in [0.2, 0.25) is 5.02 Å². The van der Waals surface area contributed by atoms with Crippen LogP contribution >= 0.6 is 23.4 Å². The molecule has 0 saturated heterocycles. The highest BCUT2D eigenvalue weighted by Crippen LogP contribution is 2.20. The SMILES string of the molecule is CC(C)(C)NC(=O)CSc1n[nH]c(-c2ccc(Cl)cc2)n1. The van der Waals surface area contributed by atoms with Gasteiger partial charge in [-0.05, 0) is 45.0 Å². The van der Waals surface area contributed by atoms with Crippen LogP contribution in [0.3, 0.4) is 0 Å². The Morgan fingerprint density at radius 3 is 2.62 bits per heavy atom. The molecule has 7 heteroatoms. The highest BCUT2D eigenvalue weighted by molar-refractivity contribution is 7.99. The first-order valence-electron chi connectivity index (χ1n) is 6.46. The highest BCUT2D eigenvalue weighted by atomic mass is 35.5. The Morgan fingerprint density at radius 2 is 2.00 bits per heavy atom. The molecule has 2 N–H and O–H groups in total. The lowest BCUT2D eigenvalue weighted by atomic mass is 10.1. The van der Waals surface area contributed by atoms with E-state index < -0.39 is 0 Å². The van der Waals surface area contributed by atoms with Gasteiger partial charge in [-0.1, -0.05) is 23.4 Å². The quantitative estimate of drug-likeness (QED) is 0.848. The number of carbonyl (C=O) groups excluding carboxylic acids is 1. The van der Waals surface area contributed by atoms with E-state index in [0.29, 0.717) is 16.0 Å². The molecule has 0 aliphatic heterocycles. The average molecular weight is 325 g/mol. The van der Waals surface area contributed by atoms with E-state index in [4.69, 9.17) is 11.6 Å². The van der Waals surface area contributed by atoms with E-state index in [2.05, 4.69) is 20.5 Å². The zero-order valence-electron chi connectivity index (χ0n) is 12.1. The highest BCUT2D eigenvalue weighted by Gasteiger charge is 2.15. The van der Waals surface area contributed by atoms with Crippen LogP contribution in [0, 0.1) is 0 Å². The van der Waals surface area contributed by atoms with Crippen molar-refractivity contribution in [1.29, 1.82) is 0 Å². The number of amides is 1. The molecule has 0 spiro atoms. The first-order chi connectivity index (χ1) is 9.83. The number of thioether (sulfide) groups is 1. The van der Waals surface area contributed by atoms with Gasteiger partial charge in [0, 0.05) is 16.1 Å². The lowest BCUT2D eigenvalue weighted by Gasteiger charge is -2.19. The molecule has 1 heterocycles. The summed E-state index contributed by atoms with van der Waals surface area (Å²) in [6.07, 6.45) is 0. The molecule has 0 unspecified atom stereocenters. The third kappa shape index (κ3) is 5.06. The Bertz CT molecular complexity index is 619. The molecule has 1 amide bonds. The van der Waals surface area contributed by atoms with E-state index in [1.165, 1.54) is 11.8 Å². The maximum absolute atomic E-state index is 11.7. The van der Waals surface area contributed by atoms with Crippen molar-refractivity contribution < 1.29 is 4.79 Å². The molecule has 0 atom stereocenters. The van der Waals surface area contributed by atoms with Gasteiger partial charge in [0.15, 0.2) is 5.82 Å². The lowest BCUT2D eigenvalue weighted by Crippen LogP contribution is -2.41. The van der Waals surface area contributed by atoms with E-state index in [-0.39, 0.29) is 17.2 Å². The molecule has 0 radical (unpaired) electrons. The predicted octanol–water partition coefficient (Wildman–Crippen LogP) is 3.13. The molecule has 2 aromatic rings. The van der Waals surface area contributed by atoms with Gasteiger partial charge >= 0.3 is 0 Å². The molecule has 1 aromatic carbocycles. The van der Waals surface area contributed by atoms with Crippen molar-refractivity contribution in [3.63, 3.8) is 0 Å². The molecule has 0 fully saturated rings. The van der Waals surface area contributed by atoms with Crippen molar-refractivity contribution in [1.82, 2.24) is 20.5 Å². The van der Waals surface area contributed by atoms with Gasteiger partial charge in [-0.2, -0.15) is 0 Å². The Morgan fingerprint density at radius 1 is 1.33 bits per heavy atom. The van der Waals surface area contributed by atoms with E-state index >= 15 is 0 Å². The first-order valence-corrected chi connectivity index (χ1v) is 7.82. The molecule has 2 rings (SSSR count). The van der Waals surface area contributed by atoms with Gasteiger partial charge in [0.05, 0.1) is 5.75 Å². The number of aromatic amines is 1. The topological polar surface area (TPSA) is 70.7 Å². The molecule has 5 nitrogen and oxygen atoms in total. The van der Waals surface area contributed by atoms with Crippen LogP contribution in [0.5, 0.6) is 0 Å². The fourth-order valence-corrected chi connectivity index (χ4v) is 2.36. The smallest absolute Gasteiger partial charge is 0.230 e. The molecule has 0 aliphatic carbocycles. The Balaban J connectivity index is 1.94. The largest absolute Gasteiger partial charge is 0.351 e. The minimum absolute atomic E-state index is 0.0367. The summed E-state index contributed by atoms with van der Waals surface area (Å²) in [5.41, 5.74) is 0.670. The van der Waals surface area contributed by atoms with E-state index in [9.17, 15) is 4.79 Å². The standard InChI is InChI=1S/C14H17ClN4OS/c1-14(2,3)17-11(20)8-21-13-16-12(18-19-13)9-4-6-10(15)7-5-9/h4-7H,8H2,1-3H3,(H,17,20)(H,16,18,19). The van der Waals surface area contributed by atoms with Crippen LogP contribution in [0.4, 0.5) is 0 Å². The average Bonchev–Trinajstić information content (AvgIpc) is 2.84. The molecule has 1 aromatic heterocycles. The van der Waals surface area contributed by atoms with E-state index in [1.807, 2.05) is 32.9 Å². The van der Waals surface area contributed by atoms with Gasteiger partial charge < -0.3 is 5.32 Å². The number of nitrogens with one attached hydrogen (secondary N) is 2. The zero-order chi connectivity index (χ0) is 15.5. The Labute approximate surface area is 132 Å². The second-order valence-electron chi connectivity index (χ2n) is 5.56. The van der Waals surface area contributed by atoms with Crippen LogP contribution in [0.15, 0.2) is 29.4 Å². The third-order valence-corrected chi connectivity index (χ3v) is 3.53. The van der Waals surface area contributed by atoms with Crippen LogP contribution in [0.25, 0.3) is 11.4 Å². The van der Waals surface area contributed by atoms with Crippen LogP contribution in [0.1, 0.15) is 20.8 Å². The van der Waals surface area contributed by atoms with Crippen molar-refractivity contribution >= 4 is 29.3 Å². The second kappa shape index (κ2) is 6.49. The number of halogens is 1. The Kier molecular flexibility index (Phi) is 4.90. The minimum Gasteiger partial charge on any atom is -0.351 e. The molecule has 21 heavy (non-hydrogen) atoms. The van der Waals surface area contributed by atoms with Gasteiger partial charge in [-0.25, -0.2) is 4.98 Å². The summed E-state index contributed by atoms with van der Waals surface area (Å²) in [7, 11) is 0. The van der Waals surface area contributed by atoms with Crippen LogP contribution in [-0.2, 0) is 4.79 Å². The first kappa shape index (κ1) is 15.9. The summed E-state index contributed by atoms with van der Waals surface area (Å²) in [4.78, 5) is 16.1. The number of benzene rings is 1. The van der Waals surface area contributed by atoms with Gasteiger partial charge in [0.2, 0.25) is 11.1 Å². The molecule has 0 saturated carbocycles. The van der Waals surface area contributed by atoms with E-state index in [1.54, 1.807) is 12.1 Å². The molecule has 112 valence electrons. The van der Waals surface area contributed by atoms with Crippen molar-refractivity contribution in [3.05, 3.63) is 29.3 Å². The van der Waals surface area contributed by atoms with E-state index in [0.717, 1.165) is 5.56 Å². The summed E-state index contributed by atoms with van der Waals surface area (Å²) >= 11 is 7.14. The van der Waals surface area contributed by atoms with Gasteiger partial charge in [0.1, 0.15) is 0 Å². The molecular formula is C14H17ClN4OS. The maximum atomic E-state index is 11.7. The number of carbonyl (C=O) groups is 1. The summed E-state index contributed by atoms with van der Waals surface area (Å²) in [5, 5.41) is 11.1. The third-order valence-electron chi connectivity index (χ3n) is 2.43. The Hall–Kier alpha value is -1.53. The maximum Gasteiger partial charge on any atom is 0.230 e. The summed E-state index contributed by atoms with van der Waals surface area (Å²) in [6, 6.07) is 7.32.